The van der Waals surface area contributed by atoms with Gasteiger partial charge in [0, 0.05) is 72.4 Å². The first-order chi connectivity index (χ1) is 30.8. The number of fused-ring (bicyclic) bond motifs is 2. The number of carbonyl (C=O) groups is 4. The molecule has 3 N–H and O–H groups in total. The fourth-order valence-electron chi connectivity index (χ4n) is 9.89. The number of hydrogen-bond acceptors (Lipinski definition) is 12. The third-order valence-electron chi connectivity index (χ3n) is 13.5. The van der Waals surface area contributed by atoms with Crippen LogP contribution < -0.4 is 31.1 Å². The van der Waals surface area contributed by atoms with Gasteiger partial charge in [0.25, 0.3) is 17.4 Å². The molecule has 338 valence electrons. The van der Waals surface area contributed by atoms with E-state index in [9.17, 15) is 24.0 Å². The molecule has 18 heteroatoms. The van der Waals surface area contributed by atoms with E-state index >= 15 is 0 Å². The molecule has 1 atom stereocenters. The van der Waals surface area contributed by atoms with Crippen LogP contribution in [0.3, 0.4) is 0 Å². The molecule has 4 aliphatic heterocycles. The number of pyridine rings is 1. The molecule has 1 aliphatic carbocycles. The lowest BCUT2D eigenvalue weighted by atomic mass is 9.83. The second kappa shape index (κ2) is 18.3. The van der Waals surface area contributed by atoms with Gasteiger partial charge in [0.15, 0.2) is 18.2 Å². The van der Waals surface area contributed by atoms with Gasteiger partial charge in [-0.05, 0) is 114 Å². The van der Waals surface area contributed by atoms with E-state index in [2.05, 4.69) is 30.7 Å². The van der Waals surface area contributed by atoms with E-state index in [-0.39, 0.29) is 66.9 Å². The van der Waals surface area contributed by atoms with Crippen molar-refractivity contribution in [2.45, 2.75) is 108 Å². The summed E-state index contributed by atoms with van der Waals surface area (Å²) in [5.74, 6) is 0.174. The fourth-order valence-corrected chi connectivity index (χ4v) is 10.4. The van der Waals surface area contributed by atoms with Gasteiger partial charge in [-0.1, -0.05) is 29.3 Å². The average molecular weight is 915 g/mol. The van der Waals surface area contributed by atoms with Crippen molar-refractivity contribution in [2.24, 2.45) is 0 Å². The molecule has 2 aromatic heterocycles. The number of likely N-dealkylation sites (tertiary alicyclic amines) is 1. The first kappa shape index (κ1) is 43.9. The lowest BCUT2D eigenvalue weighted by Gasteiger charge is -2.47. The lowest BCUT2D eigenvalue weighted by Crippen LogP contribution is -2.52. The number of amides is 4. The summed E-state index contributed by atoms with van der Waals surface area (Å²) in [6, 6.07) is 10.8. The zero-order valence-corrected chi connectivity index (χ0v) is 37.7. The number of anilines is 3. The zero-order chi connectivity index (χ0) is 44.8. The van der Waals surface area contributed by atoms with E-state index in [1.54, 1.807) is 21.7 Å². The molecule has 2 aromatic carbocycles. The molecule has 0 spiro atoms. The number of ether oxygens (including phenoxy) is 2. The van der Waals surface area contributed by atoms with Crippen molar-refractivity contribution in [1.29, 1.82) is 0 Å². The van der Waals surface area contributed by atoms with Crippen molar-refractivity contribution in [1.82, 2.24) is 35.0 Å². The quantitative estimate of drug-likeness (QED) is 0.148. The number of benzene rings is 2. The lowest BCUT2D eigenvalue weighted by molar-refractivity contribution is -0.137. The summed E-state index contributed by atoms with van der Waals surface area (Å²) in [6.07, 6.45) is 8.30. The summed E-state index contributed by atoms with van der Waals surface area (Å²) in [7, 11) is 1.51. The topological polar surface area (TPSA) is 180 Å². The molecule has 9 rings (SSSR count). The van der Waals surface area contributed by atoms with Crippen molar-refractivity contribution >= 4 is 75.2 Å². The number of nitrogens with one attached hydrogen (secondary N) is 3. The monoisotopic (exact) mass is 913 g/mol. The Balaban J connectivity index is 0.746. The maximum atomic E-state index is 13.3. The second-order valence-electron chi connectivity index (χ2n) is 17.8. The van der Waals surface area contributed by atoms with Crippen LogP contribution in [0.4, 0.5) is 17.5 Å². The van der Waals surface area contributed by atoms with Crippen LogP contribution in [0.2, 0.25) is 10.0 Å². The van der Waals surface area contributed by atoms with E-state index < -0.39 is 11.9 Å². The second-order valence-corrected chi connectivity index (χ2v) is 18.6. The van der Waals surface area contributed by atoms with Gasteiger partial charge in [0.2, 0.25) is 17.8 Å². The number of likely N-dealkylation sites (N-methyl/N-ethyl adjacent to an activating group) is 1. The SMILES string of the molecule is CNC(=O)COc1cc2cc(Nc3nc(N4CCC(OC5CC(N6CCC(c7ccc8c(c7Cl)CN(C7CCC(=O)NC7=O)C8=O)CC6)C5)CC4)ncc3Cl)ccc2n(C(C)C)c1=O. The Morgan fingerprint density at radius 2 is 1.72 bits per heavy atom. The summed E-state index contributed by atoms with van der Waals surface area (Å²) in [6.45, 7) is 7.33. The van der Waals surface area contributed by atoms with Crippen molar-refractivity contribution in [3.8, 4) is 5.75 Å². The third kappa shape index (κ3) is 8.76. The van der Waals surface area contributed by atoms with E-state index in [4.69, 9.17) is 37.7 Å². The van der Waals surface area contributed by atoms with Gasteiger partial charge in [-0.15, -0.1) is 0 Å². The van der Waals surface area contributed by atoms with E-state index in [1.165, 1.54) is 7.05 Å². The van der Waals surface area contributed by atoms with Crippen molar-refractivity contribution < 1.29 is 28.7 Å². The normalized spacial score (nSPS) is 22.2. The molecule has 3 saturated heterocycles. The molecule has 64 heavy (non-hydrogen) atoms. The predicted octanol–water partition coefficient (Wildman–Crippen LogP) is 5.70. The molecule has 0 radical (unpaired) electrons. The minimum Gasteiger partial charge on any atom is -0.478 e. The van der Waals surface area contributed by atoms with Crippen LogP contribution in [-0.4, -0.2) is 112 Å². The van der Waals surface area contributed by atoms with Gasteiger partial charge < -0.3 is 39.4 Å². The largest absolute Gasteiger partial charge is 0.478 e. The third-order valence-corrected chi connectivity index (χ3v) is 14.2. The van der Waals surface area contributed by atoms with Gasteiger partial charge in [-0.25, -0.2) is 4.98 Å². The molecule has 0 bridgehead atoms. The number of halogens is 2. The molecule has 1 unspecified atom stereocenters. The summed E-state index contributed by atoms with van der Waals surface area (Å²) in [5.41, 5.74) is 3.54. The highest BCUT2D eigenvalue weighted by Gasteiger charge is 2.42. The van der Waals surface area contributed by atoms with Gasteiger partial charge >= 0.3 is 0 Å². The van der Waals surface area contributed by atoms with Gasteiger partial charge in [0.05, 0.1) is 23.9 Å². The van der Waals surface area contributed by atoms with Crippen molar-refractivity contribution in [2.75, 3.05) is 50.1 Å². The zero-order valence-electron chi connectivity index (χ0n) is 36.2. The number of hydrogen-bond donors (Lipinski definition) is 3. The number of carbonyl (C=O) groups excluding carboxylic acids is 4. The van der Waals surface area contributed by atoms with Crippen LogP contribution >= 0.6 is 23.2 Å². The van der Waals surface area contributed by atoms with Crippen LogP contribution in [0.1, 0.15) is 98.7 Å². The predicted molar refractivity (Wildman–Crippen MR) is 243 cm³/mol. The summed E-state index contributed by atoms with van der Waals surface area (Å²) < 4.78 is 13.9. The van der Waals surface area contributed by atoms with E-state index in [0.29, 0.717) is 51.4 Å². The number of piperidine rings is 3. The Bertz CT molecular complexity index is 2550. The van der Waals surface area contributed by atoms with Crippen LogP contribution in [0.25, 0.3) is 10.9 Å². The highest BCUT2D eigenvalue weighted by atomic mass is 35.5. The minimum atomic E-state index is -0.661. The minimum absolute atomic E-state index is 0.0919. The maximum Gasteiger partial charge on any atom is 0.293 e. The Kier molecular flexibility index (Phi) is 12.6. The molecule has 4 fully saturated rings. The Morgan fingerprint density at radius 3 is 2.44 bits per heavy atom. The highest BCUT2D eigenvalue weighted by Crippen LogP contribution is 2.42. The summed E-state index contributed by atoms with van der Waals surface area (Å²) in [4.78, 5) is 78.2. The van der Waals surface area contributed by atoms with Crippen molar-refractivity contribution in [3.63, 3.8) is 0 Å². The summed E-state index contributed by atoms with van der Waals surface area (Å²) in [5, 5.41) is 9.96. The van der Waals surface area contributed by atoms with E-state index in [0.717, 1.165) is 86.7 Å². The Labute approximate surface area is 380 Å². The number of imide groups is 1. The van der Waals surface area contributed by atoms with E-state index in [1.807, 2.05) is 44.2 Å². The van der Waals surface area contributed by atoms with Gasteiger partial charge in [-0.2, -0.15) is 4.98 Å². The Morgan fingerprint density at radius 1 is 0.953 bits per heavy atom. The first-order valence-electron chi connectivity index (χ1n) is 22.3. The number of rotatable bonds is 12. The molecule has 4 aromatic rings. The smallest absolute Gasteiger partial charge is 0.293 e. The maximum absolute atomic E-state index is 13.3. The van der Waals surface area contributed by atoms with Crippen molar-refractivity contribution in [3.05, 3.63) is 79.7 Å². The van der Waals surface area contributed by atoms with Crippen LogP contribution in [-0.2, 0) is 25.7 Å². The highest BCUT2D eigenvalue weighted by molar-refractivity contribution is 6.33. The Hall–Kier alpha value is -5.29. The van der Waals surface area contributed by atoms with Gasteiger partial charge in [-0.3, -0.25) is 29.3 Å². The molecule has 16 nitrogen and oxygen atoms in total. The molecule has 1 saturated carbocycles. The standard InChI is InChI=1S/C46H53Cl2N9O7/c1-25(2)57-36-7-4-28(18-27(36)19-38(45(57)62)63-24-40(59)49-3)51-42-35(47)22-50-46(53-42)55-16-12-30(13-17-55)64-31-20-29(21-31)54-14-10-26(11-15-54)32-5-6-33-34(41(32)48)23-56(44(33)61)37-8-9-39(58)52-43(37)60/h4-7,18-19,22,25-26,29-31,37H,8-17,20-21,23-24H2,1-3H3,(H,49,59)(H,50,51,53)(H,52,58,60). The van der Waals surface area contributed by atoms with Gasteiger partial charge in [0.1, 0.15) is 11.1 Å². The molecule has 5 aliphatic rings. The number of aromatic nitrogens is 3. The van der Waals surface area contributed by atoms with Crippen LogP contribution in [0.5, 0.6) is 5.75 Å². The first-order valence-corrected chi connectivity index (χ1v) is 23.0. The van der Waals surface area contributed by atoms with Crippen LogP contribution in [0.15, 0.2) is 47.4 Å². The fraction of sp³-hybridized carbons (Fsp3) is 0.500. The average Bonchev–Trinajstić information content (AvgIpc) is 3.61. The molecule has 4 amide bonds. The molecular weight excluding hydrogens is 861 g/mol. The number of nitrogens with zero attached hydrogens (tertiary/aromatic N) is 6. The summed E-state index contributed by atoms with van der Waals surface area (Å²) >= 11 is 13.6. The molecular formula is C46H53Cl2N9O7. The molecule has 6 heterocycles. The van der Waals surface area contributed by atoms with Crippen LogP contribution in [0, 0.1) is 0 Å².